The Morgan fingerprint density at radius 2 is 1.80 bits per heavy atom. The summed E-state index contributed by atoms with van der Waals surface area (Å²) in [6.07, 6.45) is 6.13. The molecule has 2 aromatic heterocycles. The summed E-state index contributed by atoms with van der Waals surface area (Å²) in [5, 5.41) is 0. The Labute approximate surface area is 182 Å². The largest absolute Gasteiger partial charge is 0.389 e. The van der Waals surface area contributed by atoms with E-state index in [9.17, 15) is 0 Å². The zero-order valence-corrected chi connectivity index (χ0v) is 18.1. The summed E-state index contributed by atoms with van der Waals surface area (Å²) >= 11 is 5.40. The maximum atomic E-state index is 6.11. The van der Waals surface area contributed by atoms with E-state index in [1.54, 1.807) is 6.33 Å². The van der Waals surface area contributed by atoms with E-state index in [-0.39, 0.29) is 0 Å². The normalized spacial score (nSPS) is 17.3. The lowest BCUT2D eigenvalue weighted by Gasteiger charge is -2.35. The quantitative estimate of drug-likeness (QED) is 0.641. The van der Waals surface area contributed by atoms with Crippen molar-refractivity contribution >= 4 is 34.1 Å². The molecule has 2 aliphatic rings. The number of rotatable bonds is 5. The van der Waals surface area contributed by atoms with Gasteiger partial charge in [0, 0.05) is 45.0 Å². The van der Waals surface area contributed by atoms with Crippen molar-refractivity contribution in [2.45, 2.75) is 32.2 Å². The first-order chi connectivity index (χ1) is 14.7. The zero-order chi connectivity index (χ0) is 20.5. The minimum Gasteiger partial charge on any atom is -0.389 e. The maximum absolute atomic E-state index is 6.11. The smallest absolute Gasteiger partial charge is 0.156 e. The summed E-state index contributed by atoms with van der Waals surface area (Å²) in [7, 11) is 0. The van der Waals surface area contributed by atoms with E-state index in [0.29, 0.717) is 4.99 Å². The van der Waals surface area contributed by atoms with Crippen molar-refractivity contribution in [1.82, 2.24) is 19.4 Å². The predicted molar refractivity (Wildman–Crippen MR) is 125 cm³/mol. The highest BCUT2D eigenvalue weighted by Crippen LogP contribution is 2.34. The number of nitrogens with zero attached hydrogens (tertiary/aromatic N) is 5. The van der Waals surface area contributed by atoms with Crippen LogP contribution < -0.4 is 10.6 Å². The number of hydrogen-bond donors (Lipinski definition) is 1. The average molecular weight is 421 g/mol. The molecule has 156 valence electrons. The van der Waals surface area contributed by atoms with Crippen LogP contribution in [0, 0.1) is 0 Å². The molecule has 2 N–H and O–H groups in total. The summed E-state index contributed by atoms with van der Waals surface area (Å²) in [4.78, 5) is 14.7. The van der Waals surface area contributed by atoms with Crippen LogP contribution in [0.2, 0.25) is 0 Å². The Bertz CT molecular complexity index is 1050. The molecule has 2 aliphatic heterocycles. The molecular weight excluding hydrogens is 392 g/mol. The molecule has 6 nitrogen and oxygen atoms in total. The van der Waals surface area contributed by atoms with Gasteiger partial charge in [0.05, 0.1) is 5.56 Å². The second-order valence-corrected chi connectivity index (χ2v) is 8.69. The molecule has 4 heterocycles. The van der Waals surface area contributed by atoms with E-state index in [0.717, 1.165) is 74.5 Å². The van der Waals surface area contributed by atoms with Crippen LogP contribution in [0.25, 0.3) is 11.0 Å². The van der Waals surface area contributed by atoms with Crippen molar-refractivity contribution in [3.63, 3.8) is 0 Å². The minimum atomic E-state index is 0.450. The van der Waals surface area contributed by atoms with Crippen LogP contribution in [0.15, 0.2) is 36.7 Å². The molecule has 0 spiro atoms. The van der Waals surface area contributed by atoms with Crippen LogP contribution in [0.1, 0.15) is 29.7 Å². The van der Waals surface area contributed by atoms with Gasteiger partial charge in [-0.2, -0.15) is 0 Å². The molecule has 0 atom stereocenters. The number of aromatic nitrogens is 3. The lowest BCUT2D eigenvalue weighted by atomic mass is 10.1. The van der Waals surface area contributed by atoms with Crippen LogP contribution in [-0.2, 0) is 19.4 Å². The van der Waals surface area contributed by atoms with Gasteiger partial charge < -0.3 is 15.2 Å². The number of aryl methyl sites for hydroxylation is 1. The van der Waals surface area contributed by atoms with Crippen LogP contribution >= 0.6 is 12.2 Å². The number of hydrogen-bond acceptors (Lipinski definition) is 5. The Kier molecular flexibility index (Phi) is 5.39. The van der Waals surface area contributed by atoms with Gasteiger partial charge in [-0.05, 0) is 31.2 Å². The number of fused-ring (bicyclic) bond motifs is 3. The van der Waals surface area contributed by atoms with Crippen LogP contribution in [0.4, 0.5) is 5.82 Å². The summed E-state index contributed by atoms with van der Waals surface area (Å²) in [5.41, 5.74) is 11.8. The first kappa shape index (κ1) is 19.5. The van der Waals surface area contributed by atoms with Gasteiger partial charge in [0.25, 0.3) is 0 Å². The van der Waals surface area contributed by atoms with Crippen LogP contribution in [0.3, 0.4) is 0 Å². The molecule has 0 unspecified atom stereocenters. The second-order valence-electron chi connectivity index (χ2n) is 8.25. The molecule has 0 radical (unpaired) electrons. The third-order valence-electron chi connectivity index (χ3n) is 6.45. The summed E-state index contributed by atoms with van der Waals surface area (Å²) in [6.45, 7) is 6.14. The third kappa shape index (κ3) is 3.56. The fraction of sp³-hybridized carbons (Fsp3) is 0.435. The van der Waals surface area contributed by atoms with Crippen LogP contribution in [0.5, 0.6) is 0 Å². The zero-order valence-electron chi connectivity index (χ0n) is 17.3. The lowest BCUT2D eigenvalue weighted by Crippen LogP contribution is -2.47. The van der Waals surface area contributed by atoms with Gasteiger partial charge in [0.1, 0.15) is 22.3 Å². The predicted octanol–water partition coefficient (Wildman–Crippen LogP) is 2.77. The van der Waals surface area contributed by atoms with E-state index < -0.39 is 0 Å². The second kappa shape index (κ2) is 8.32. The highest BCUT2D eigenvalue weighted by atomic mass is 32.1. The minimum absolute atomic E-state index is 0.450. The Balaban J connectivity index is 1.37. The van der Waals surface area contributed by atoms with Gasteiger partial charge in [0.15, 0.2) is 5.82 Å². The monoisotopic (exact) mass is 420 g/mol. The van der Waals surface area contributed by atoms with E-state index in [1.165, 1.54) is 24.1 Å². The van der Waals surface area contributed by atoms with Crippen molar-refractivity contribution in [2.75, 3.05) is 37.6 Å². The standard InChI is InChI=1S/C23H28N6S/c24-22(30)19-18-8-4-5-10-29(18)21-20(19)25-16-26-23(21)28-14-12-27(13-15-28)11-9-17-6-2-1-3-7-17/h1-3,6-7,16H,4-5,8-15H2,(H2,24,30). The highest BCUT2D eigenvalue weighted by molar-refractivity contribution is 7.80. The number of nitrogens with two attached hydrogens (primary N) is 1. The first-order valence-corrected chi connectivity index (χ1v) is 11.3. The molecule has 0 bridgehead atoms. The van der Waals surface area contributed by atoms with Gasteiger partial charge in [0.2, 0.25) is 0 Å². The van der Waals surface area contributed by atoms with Crippen molar-refractivity contribution in [2.24, 2.45) is 5.73 Å². The van der Waals surface area contributed by atoms with E-state index in [1.807, 2.05) is 0 Å². The highest BCUT2D eigenvalue weighted by Gasteiger charge is 2.27. The molecule has 1 aromatic carbocycles. The third-order valence-corrected chi connectivity index (χ3v) is 6.65. The van der Waals surface area contributed by atoms with E-state index in [4.69, 9.17) is 22.9 Å². The van der Waals surface area contributed by atoms with Crippen molar-refractivity contribution in [1.29, 1.82) is 0 Å². The topological polar surface area (TPSA) is 63.2 Å². The fourth-order valence-electron chi connectivity index (χ4n) is 4.88. The Morgan fingerprint density at radius 3 is 2.57 bits per heavy atom. The van der Waals surface area contributed by atoms with Crippen LogP contribution in [-0.4, -0.2) is 57.1 Å². The van der Waals surface area contributed by atoms with Gasteiger partial charge in [-0.25, -0.2) is 9.97 Å². The van der Waals surface area contributed by atoms with Gasteiger partial charge in [-0.3, -0.25) is 4.90 Å². The molecule has 1 saturated heterocycles. The van der Waals surface area contributed by atoms with Crippen molar-refractivity contribution < 1.29 is 0 Å². The fourth-order valence-corrected chi connectivity index (χ4v) is 5.10. The molecule has 0 aliphatic carbocycles. The summed E-state index contributed by atoms with van der Waals surface area (Å²) < 4.78 is 2.38. The van der Waals surface area contributed by atoms with E-state index in [2.05, 4.69) is 49.7 Å². The lowest BCUT2D eigenvalue weighted by molar-refractivity contribution is 0.260. The Hall–Kier alpha value is -2.51. The molecule has 5 rings (SSSR count). The van der Waals surface area contributed by atoms with Gasteiger partial charge >= 0.3 is 0 Å². The Morgan fingerprint density at radius 1 is 1.00 bits per heavy atom. The molecule has 0 saturated carbocycles. The molecule has 0 amide bonds. The number of anilines is 1. The molecule has 3 aromatic rings. The average Bonchev–Trinajstić information content (AvgIpc) is 3.14. The number of piperazine rings is 1. The first-order valence-electron chi connectivity index (χ1n) is 10.9. The summed E-state index contributed by atoms with van der Waals surface area (Å²) in [5.74, 6) is 1.04. The van der Waals surface area contributed by atoms with Gasteiger partial charge in [-0.1, -0.05) is 42.5 Å². The molecule has 30 heavy (non-hydrogen) atoms. The molecular formula is C23H28N6S. The SMILES string of the molecule is NC(=S)c1c2n(c3c(N4CCN(CCc5ccccc5)CC4)ncnc13)CCCC2. The molecule has 7 heteroatoms. The summed E-state index contributed by atoms with van der Waals surface area (Å²) in [6, 6.07) is 10.7. The van der Waals surface area contributed by atoms with Crippen molar-refractivity contribution in [3.8, 4) is 0 Å². The van der Waals surface area contributed by atoms with Crippen molar-refractivity contribution in [3.05, 3.63) is 53.5 Å². The van der Waals surface area contributed by atoms with E-state index >= 15 is 0 Å². The van der Waals surface area contributed by atoms with Gasteiger partial charge in [-0.15, -0.1) is 0 Å². The number of thiocarbonyl (C=S) groups is 1. The number of benzene rings is 1. The molecule has 1 fully saturated rings. The maximum Gasteiger partial charge on any atom is 0.156 e.